The fourth-order valence-electron chi connectivity index (χ4n) is 2.73. The Morgan fingerprint density at radius 3 is 2.76 bits per heavy atom. The van der Waals surface area contributed by atoms with Crippen molar-refractivity contribution in [1.82, 2.24) is 9.55 Å². The number of benzene rings is 1. The SMILES string of the molecule is OCC1CCn2cc(-c3ccccc3C(F)(F)F)nc2C1. The standard InChI is InChI=1S/C15H15F3N2O/c16-15(17,18)12-4-2-1-3-11(12)13-8-20-6-5-10(9-21)7-14(20)19-13/h1-4,8,10,21H,5-7,9H2. The predicted octanol–water partition coefficient (Wildman–Crippen LogP) is 3.12. The Morgan fingerprint density at radius 1 is 1.29 bits per heavy atom. The van der Waals surface area contributed by atoms with E-state index in [1.807, 2.05) is 4.57 Å². The molecule has 3 rings (SSSR count). The third-order valence-corrected chi connectivity index (χ3v) is 3.88. The van der Waals surface area contributed by atoms with Crippen LogP contribution in [0.25, 0.3) is 11.3 Å². The van der Waals surface area contributed by atoms with Gasteiger partial charge in [-0.3, -0.25) is 0 Å². The van der Waals surface area contributed by atoms with Crippen LogP contribution in [0.5, 0.6) is 0 Å². The van der Waals surface area contributed by atoms with Gasteiger partial charge in [0.1, 0.15) is 5.82 Å². The average Bonchev–Trinajstić information content (AvgIpc) is 2.89. The van der Waals surface area contributed by atoms with Gasteiger partial charge in [0.25, 0.3) is 0 Å². The van der Waals surface area contributed by atoms with Crippen molar-refractivity contribution in [2.24, 2.45) is 5.92 Å². The van der Waals surface area contributed by atoms with E-state index in [1.54, 1.807) is 12.3 Å². The van der Waals surface area contributed by atoms with Crippen LogP contribution < -0.4 is 0 Å². The molecule has 0 amide bonds. The number of halogens is 3. The smallest absolute Gasteiger partial charge is 0.396 e. The second kappa shape index (κ2) is 5.18. The molecule has 0 aliphatic carbocycles. The van der Waals surface area contributed by atoms with Gasteiger partial charge >= 0.3 is 6.18 Å². The molecule has 0 fully saturated rings. The van der Waals surface area contributed by atoms with Gasteiger partial charge < -0.3 is 9.67 Å². The van der Waals surface area contributed by atoms with Crippen molar-refractivity contribution in [2.75, 3.05) is 6.61 Å². The first kappa shape index (κ1) is 14.1. The van der Waals surface area contributed by atoms with Gasteiger partial charge in [-0.15, -0.1) is 0 Å². The van der Waals surface area contributed by atoms with Crippen LogP contribution in [-0.2, 0) is 19.1 Å². The zero-order valence-electron chi connectivity index (χ0n) is 11.3. The molecule has 0 bridgehead atoms. The largest absolute Gasteiger partial charge is 0.417 e. The van der Waals surface area contributed by atoms with Crippen LogP contribution in [0.1, 0.15) is 17.8 Å². The Balaban J connectivity index is 2.02. The number of aliphatic hydroxyl groups excluding tert-OH is 1. The number of aromatic nitrogens is 2. The second-order valence-corrected chi connectivity index (χ2v) is 5.32. The molecule has 1 unspecified atom stereocenters. The maximum atomic E-state index is 13.1. The minimum atomic E-state index is -4.39. The van der Waals surface area contributed by atoms with E-state index < -0.39 is 11.7 Å². The molecule has 1 N–H and O–H groups in total. The number of fused-ring (bicyclic) bond motifs is 1. The summed E-state index contributed by atoms with van der Waals surface area (Å²) in [6, 6.07) is 5.48. The van der Waals surface area contributed by atoms with Crippen LogP contribution in [0.3, 0.4) is 0 Å². The average molecular weight is 296 g/mol. The van der Waals surface area contributed by atoms with Gasteiger partial charge in [-0.25, -0.2) is 4.98 Å². The summed E-state index contributed by atoms with van der Waals surface area (Å²) in [7, 11) is 0. The van der Waals surface area contributed by atoms with E-state index >= 15 is 0 Å². The summed E-state index contributed by atoms with van der Waals surface area (Å²) in [6.45, 7) is 0.767. The fraction of sp³-hybridized carbons (Fsp3) is 0.400. The normalized spacial score (nSPS) is 18.6. The summed E-state index contributed by atoms with van der Waals surface area (Å²) >= 11 is 0. The van der Waals surface area contributed by atoms with E-state index in [0.717, 1.165) is 18.3 Å². The zero-order valence-corrected chi connectivity index (χ0v) is 11.3. The van der Waals surface area contributed by atoms with E-state index in [4.69, 9.17) is 0 Å². The first-order valence-electron chi connectivity index (χ1n) is 6.82. The van der Waals surface area contributed by atoms with Crippen LogP contribution in [0.4, 0.5) is 13.2 Å². The lowest BCUT2D eigenvalue weighted by molar-refractivity contribution is -0.137. The van der Waals surface area contributed by atoms with Gasteiger partial charge in [-0.05, 0) is 18.4 Å². The molecule has 0 spiro atoms. The Labute approximate surface area is 120 Å². The predicted molar refractivity (Wildman–Crippen MR) is 71.6 cm³/mol. The Hall–Kier alpha value is -1.82. The molecule has 6 heteroatoms. The molecule has 1 atom stereocenters. The Morgan fingerprint density at radius 2 is 2.05 bits per heavy atom. The lowest BCUT2D eigenvalue weighted by Crippen LogP contribution is -2.21. The second-order valence-electron chi connectivity index (χ2n) is 5.32. The van der Waals surface area contributed by atoms with Crippen molar-refractivity contribution in [1.29, 1.82) is 0 Å². The van der Waals surface area contributed by atoms with E-state index in [-0.39, 0.29) is 18.1 Å². The first-order valence-corrected chi connectivity index (χ1v) is 6.82. The van der Waals surface area contributed by atoms with Crippen LogP contribution in [0.2, 0.25) is 0 Å². The molecule has 0 saturated carbocycles. The summed E-state index contributed by atoms with van der Waals surface area (Å²) in [5.74, 6) is 0.887. The van der Waals surface area contributed by atoms with Crippen LogP contribution in [0, 0.1) is 5.92 Å². The van der Waals surface area contributed by atoms with Gasteiger partial charge in [0.05, 0.1) is 11.3 Å². The van der Waals surface area contributed by atoms with Gasteiger partial charge in [-0.2, -0.15) is 13.2 Å². The molecule has 0 radical (unpaired) electrons. The highest BCUT2D eigenvalue weighted by molar-refractivity contribution is 5.64. The molecule has 2 aromatic rings. The summed E-state index contributed by atoms with van der Waals surface area (Å²) in [5.41, 5.74) is -0.219. The maximum absolute atomic E-state index is 13.1. The van der Waals surface area contributed by atoms with Gasteiger partial charge in [-0.1, -0.05) is 18.2 Å². The number of nitrogens with zero attached hydrogens (tertiary/aromatic N) is 2. The van der Waals surface area contributed by atoms with Crippen molar-refractivity contribution in [3.05, 3.63) is 41.9 Å². The highest BCUT2D eigenvalue weighted by Crippen LogP contribution is 2.37. The fourth-order valence-corrected chi connectivity index (χ4v) is 2.73. The third kappa shape index (κ3) is 2.68. The molecule has 21 heavy (non-hydrogen) atoms. The molecule has 1 aromatic heterocycles. The lowest BCUT2D eigenvalue weighted by atomic mass is 9.99. The summed E-state index contributed by atoms with van der Waals surface area (Å²) in [4.78, 5) is 4.35. The van der Waals surface area contributed by atoms with Gasteiger partial charge in [0, 0.05) is 31.3 Å². The molecule has 0 saturated heterocycles. The van der Waals surface area contributed by atoms with Crippen molar-refractivity contribution in [3.8, 4) is 11.3 Å². The number of alkyl halides is 3. The van der Waals surface area contributed by atoms with Crippen molar-refractivity contribution >= 4 is 0 Å². The van der Waals surface area contributed by atoms with Crippen LogP contribution >= 0.6 is 0 Å². The summed E-state index contributed by atoms with van der Waals surface area (Å²) < 4.78 is 41.1. The minimum absolute atomic E-state index is 0.0847. The number of hydrogen-bond acceptors (Lipinski definition) is 2. The topological polar surface area (TPSA) is 38.0 Å². The van der Waals surface area contributed by atoms with Crippen molar-refractivity contribution < 1.29 is 18.3 Å². The summed E-state index contributed by atoms with van der Waals surface area (Å²) in [5, 5.41) is 9.21. The van der Waals surface area contributed by atoms with E-state index in [0.29, 0.717) is 18.7 Å². The molecule has 1 aromatic carbocycles. The molecule has 1 aliphatic rings. The third-order valence-electron chi connectivity index (χ3n) is 3.88. The number of aliphatic hydroxyl groups is 1. The van der Waals surface area contributed by atoms with E-state index in [2.05, 4.69) is 4.98 Å². The van der Waals surface area contributed by atoms with Crippen molar-refractivity contribution in [3.63, 3.8) is 0 Å². The quantitative estimate of drug-likeness (QED) is 0.924. The monoisotopic (exact) mass is 296 g/mol. The van der Waals surface area contributed by atoms with E-state index in [1.165, 1.54) is 12.1 Å². The number of aryl methyl sites for hydroxylation is 1. The highest BCUT2D eigenvalue weighted by Gasteiger charge is 2.34. The molecular formula is C15H15F3N2O. The Bertz CT molecular complexity index is 649. The molecule has 3 nitrogen and oxygen atoms in total. The number of hydrogen-bond donors (Lipinski definition) is 1. The van der Waals surface area contributed by atoms with Gasteiger partial charge in [0.15, 0.2) is 0 Å². The zero-order chi connectivity index (χ0) is 15.0. The lowest BCUT2D eigenvalue weighted by Gasteiger charge is -2.20. The highest BCUT2D eigenvalue weighted by atomic mass is 19.4. The molecule has 1 aliphatic heterocycles. The first-order chi connectivity index (χ1) is 9.99. The minimum Gasteiger partial charge on any atom is -0.396 e. The maximum Gasteiger partial charge on any atom is 0.417 e. The number of imidazole rings is 1. The molecule has 2 heterocycles. The van der Waals surface area contributed by atoms with E-state index in [9.17, 15) is 18.3 Å². The summed E-state index contributed by atoms with van der Waals surface area (Å²) in [6.07, 6.45) is -1.30. The molecular weight excluding hydrogens is 281 g/mol. The Kier molecular flexibility index (Phi) is 3.49. The van der Waals surface area contributed by atoms with Crippen LogP contribution in [0.15, 0.2) is 30.5 Å². The number of rotatable bonds is 2. The van der Waals surface area contributed by atoms with Gasteiger partial charge in [0.2, 0.25) is 0 Å². The van der Waals surface area contributed by atoms with Crippen molar-refractivity contribution in [2.45, 2.75) is 25.6 Å². The molecule has 112 valence electrons. The van der Waals surface area contributed by atoms with Crippen LogP contribution in [-0.4, -0.2) is 21.3 Å².